The van der Waals surface area contributed by atoms with Gasteiger partial charge in [-0.3, -0.25) is 4.79 Å². The first-order valence-electron chi connectivity index (χ1n) is 8.63. The molecule has 0 spiro atoms. The second-order valence-electron chi connectivity index (χ2n) is 6.50. The lowest BCUT2D eigenvalue weighted by Crippen LogP contribution is -2.56. The van der Waals surface area contributed by atoms with Crippen LogP contribution in [0.4, 0.5) is 0 Å². The van der Waals surface area contributed by atoms with Crippen LogP contribution in [0, 0.1) is 6.92 Å². The Hall–Kier alpha value is -2.82. The van der Waals surface area contributed by atoms with Crippen LogP contribution in [0.25, 0.3) is 11.0 Å². The Labute approximate surface area is 146 Å². The number of aromatic amines is 1. The summed E-state index contributed by atoms with van der Waals surface area (Å²) in [5.41, 5.74) is 3.08. The SMILES string of the molecule is Cc1ccccc1OC1CN(C(=O)CCc2nc3ccccc3[nH]2)C1. The maximum Gasteiger partial charge on any atom is 0.223 e. The maximum atomic E-state index is 12.3. The van der Waals surface area contributed by atoms with E-state index >= 15 is 0 Å². The molecule has 0 aliphatic carbocycles. The van der Waals surface area contributed by atoms with Crippen LogP contribution < -0.4 is 4.74 Å². The van der Waals surface area contributed by atoms with Gasteiger partial charge in [0.2, 0.25) is 5.91 Å². The Morgan fingerprint density at radius 2 is 1.96 bits per heavy atom. The summed E-state index contributed by atoms with van der Waals surface area (Å²) in [5, 5.41) is 0. The smallest absolute Gasteiger partial charge is 0.223 e. The van der Waals surface area contributed by atoms with E-state index in [9.17, 15) is 4.79 Å². The van der Waals surface area contributed by atoms with Gasteiger partial charge in [-0.05, 0) is 30.7 Å². The summed E-state index contributed by atoms with van der Waals surface area (Å²) in [6, 6.07) is 15.9. The van der Waals surface area contributed by atoms with Crippen molar-refractivity contribution in [2.24, 2.45) is 0 Å². The number of carbonyl (C=O) groups excluding carboxylic acids is 1. The van der Waals surface area contributed by atoms with Crippen LogP contribution in [0.3, 0.4) is 0 Å². The third kappa shape index (κ3) is 3.36. The highest BCUT2D eigenvalue weighted by Crippen LogP contribution is 2.22. The normalized spacial score (nSPS) is 14.5. The summed E-state index contributed by atoms with van der Waals surface area (Å²) in [5.74, 6) is 1.93. The molecule has 0 bridgehead atoms. The van der Waals surface area contributed by atoms with Crippen LogP contribution >= 0.6 is 0 Å². The summed E-state index contributed by atoms with van der Waals surface area (Å²) in [7, 11) is 0. The molecule has 1 aliphatic heterocycles. The number of H-pyrrole nitrogens is 1. The fourth-order valence-electron chi connectivity index (χ4n) is 3.09. The highest BCUT2D eigenvalue weighted by Gasteiger charge is 2.32. The number of hydrogen-bond donors (Lipinski definition) is 1. The molecule has 3 aromatic rings. The molecule has 0 radical (unpaired) electrons. The molecule has 5 nitrogen and oxygen atoms in total. The lowest BCUT2D eigenvalue weighted by atomic mass is 10.1. The molecule has 1 N–H and O–H groups in total. The van der Waals surface area contributed by atoms with E-state index in [2.05, 4.69) is 9.97 Å². The number of amides is 1. The minimum absolute atomic E-state index is 0.0938. The van der Waals surface area contributed by atoms with E-state index in [1.807, 2.05) is 60.4 Å². The number of rotatable bonds is 5. The number of benzene rings is 2. The van der Waals surface area contributed by atoms with Crippen molar-refractivity contribution >= 4 is 16.9 Å². The number of aromatic nitrogens is 2. The highest BCUT2D eigenvalue weighted by atomic mass is 16.5. The van der Waals surface area contributed by atoms with Crippen LogP contribution in [-0.4, -0.2) is 40.0 Å². The van der Waals surface area contributed by atoms with Gasteiger partial charge in [0.15, 0.2) is 0 Å². The Kier molecular flexibility index (Phi) is 4.14. The van der Waals surface area contributed by atoms with Gasteiger partial charge in [-0.2, -0.15) is 0 Å². The summed E-state index contributed by atoms with van der Waals surface area (Å²) < 4.78 is 5.95. The number of nitrogens with one attached hydrogen (secondary N) is 1. The monoisotopic (exact) mass is 335 g/mol. The van der Waals surface area contributed by atoms with Gasteiger partial charge < -0.3 is 14.6 Å². The number of hydrogen-bond acceptors (Lipinski definition) is 3. The van der Waals surface area contributed by atoms with Crippen molar-refractivity contribution in [3.63, 3.8) is 0 Å². The molecule has 0 atom stereocenters. The minimum atomic E-state index is 0.0938. The topological polar surface area (TPSA) is 58.2 Å². The second kappa shape index (κ2) is 6.59. The summed E-state index contributed by atoms with van der Waals surface area (Å²) >= 11 is 0. The van der Waals surface area contributed by atoms with Gasteiger partial charge in [-0.15, -0.1) is 0 Å². The molecule has 2 aromatic carbocycles. The van der Waals surface area contributed by atoms with Crippen molar-refractivity contribution in [2.75, 3.05) is 13.1 Å². The number of para-hydroxylation sites is 3. The van der Waals surface area contributed by atoms with E-state index in [0.29, 0.717) is 25.9 Å². The van der Waals surface area contributed by atoms with Crippen molar-refractivity contribution in [2.45, 2.75) is 25.9 Å². The first-order chi connectivity index (χ1) is 12.2. The van der Waals surface area contributed by atoms with Crippen LogP contribution in [0.2, 0.25) is 0 Å². The fourth-order valence-corrected chi connectivity index (χ4v) is 3.09. The summed E-state index contributed by atoms with van der Waals surface area (Å²) in [6.07, 6.45) is 1.20. The average molecular weight is 335 g/mol. The Morgan fingerprint density at radius 3 is 2.76 bits per heavy atom. The van der Waals surface area contributed by atoms with E-state index in [1.54, 1.807) is 0 Å². The van der Waals surface area contributed by atoms with E-state index in [-0.39, 0.29) is 12.0 Å². The zero-order valence-corrected chi connectivity index (χ0v) is 14.2. The summed E-state index contributed by atoms with van der Waals surface area (Å²) in [6.45, 7) is 3.35. The number of aryl methyl sites for hydroxylation is 2. The molecule has 1 fully saturated rings. The van der Waals surface area contributed by atoms with E-state index in [4.69, 9.17) is 4.74 Å². The van der Waals surface area contributed by atoms with E-state index in [1.165, 1.54) is 0 Å². The number of ether oxygens (including phenoxy) is 1. The number of likely N-dealkylation sites (tertiary alicyclic amines) is 1. The van der Waals surface area contributed by atoms with Crippen molar-refractivity contribution < 1.29 is 9.53 Å². The quantitative estimate of drug-likeness (QED) is 0.779. The molecule has 1 saturated heterocycles. The number of carbonyl (C=O) groups is 1. The van der Waals surface area contributed by atoms with Crippen molar-refractivity contribution in [1.82, 2.24) is 14.9 Å². The predicted octanol–water partition coefficient (Wildman–Crippen LogP) is 3.09. The third-order valence-electron chi connectivity index (χ3n) is 4.60. The van der Waals surface area contributed by atoms with Gasteiger partial charge in [-0.25, -0.2) is 4.98 Å². The molecule has 5 heteroatoms. The minimum Gasteiger partial charge on any atom is -0.486 e. The van der Waals surface area contributed by atoms with Gasteiger partial charge in [0.25, 0.3) is 0 Å². The first kappa shape index (κ1) is 15.7. The molecule has 0 saturated carbocycles. The third-order valence-corrected chi connectivity index (χ3v) is 4.60. The number of imidazole rings is 1. The molecule has 128 valence electrons. The predicted molar refractivity (Wildman–Crippen MR) is 96.6 cm³/mol. The molecule has 4 rings (SSSR count). The van der Waals surface area contributed by atoms with Crippen LogP contribution in [0.5, 0.6) is 5.75 Å². The standard InChI is InChI=1S/C20H21N3O2/c1-14-6-2-5-9-18(14)25-15-12-23(13-15)20(24)11-10-19-21-16-7-3-4-8-17(16)22-19/h2-9,15H,10-13H2,1H3,(H,21,22). The Balaban J connectivity index is 1.26. The fraction of sp³-hybridized carbons (Fsp3) is 0.300. The lowest BCUT2D eigenvalue weighted by molar-refractivity contribution is -0.140. The lowest BCUT2D eigenvalue weighted by Gasteiger charge is -2.39. The van der Waals surface area contributed by atoms with Crippen LogP contribution in [-0.2, 0) is 11.2 Å². The van der Waals surface area contributed by atoms with Crippen molar-refractivity contribution in [3.8, 4) is 5.75 Å². The van der Waals surface area contributed by atoms with E-state index in [0.717, 1.165) is 28.2 Å². The molecule has 1 aliphatic rings. The summed E-state index contributed by atoms with van der Waals surface area (Å²) in [4.78, 5) is 21.9. The number of nitrogens with zero attached hydrogens (tertiary/aromatic N) is 2. The number of fused-ring (bicyclic) bond motifs is 1. The zero-order chi connectivity index (χ0) is 17.2. The van der Waals surface area contributed by atoms with Crippen molar-refractivity contribution in [3.05, 3.63) is 59.9 Å². The van der Waals surface area contributed by atoms with Gasteiger partial charge in [0.1, 0.15) is 17.7 Å². The zero-order valence-electron chi connectivity index (χ0n) is 14.2. The largest absolute Gasteiger partial charge is 0.486 e. The molecule has 0 unspecified atom stereocenters. The van der Waals surface area contributed by atoms with Gasteiger partial charge in [0.05, 0.1) is 24.1 Å². The highest BCUT2D eigenvalue weighted by molar-refractivity contribution is 5.78. The van der Waals surface area contributed by atoms with Gasteiger partial charge in [-0.1, -0.05) is 30.3 Å². The molecule has 25 heavy (non-hydrogen) atoms. The second-order valence-corrected chi connectivity index (χ2v) is 6.50. The Morgan fingerprint density at radius 1 is 1.20 bits per heavy atom. The molecule has 1 aromatic heterocycles. The molecular weight excluding hydrogens is 314 g/mol. The van der Waals surface area contributed by atoms with Crippen LogP contribution in [0.1, 0.15) is 17.8 Å². The van der Waals surface area contributed by atoms with Gasteiger partial charge >= 0.3 is 0 Å². The average Bonchev–Trinajstić information content (AvgIpc) is 3.00. The molecule has 2 heterocycles. The van der Waals surface area contributed by atoms with Gasteiger partial charge in [0, 0.05) is 12.8 Å². The molecule has 1 amide bonds. The maximum absolute atomic E-state index is 12.3. The van der Waals surface area contributed by atoms with Crippen molar-refractivity contribution in [1.29, 1.82) is 0 Å². The van der Waals surface area contributed by atoms with Crippen LogP contribution in [0.15, 0.2) is 48.5 Å². The molecular formula is C20H21N3O2. The van der Waals surface area contributed by atoms with E-state index < -0.39 is 0 Å². The first-order valence-corrected chi connectivity index (χ1v) is 8.63. The Bertz CT molecular complexity index is 864.